The zero-order chi connectivity index (χ0) is 18.4. The first-order valence-corrected chi connectivity index (χ1v) is 8.54. The summed E-state index contributed by atoms with van der Waals surface area (Å²) >= 11 is 3.38. The number of hydrogen-bond donors (Lipinski definition) is 2. The smallest absolute Gasteiger partial charge is 0.291 e. The van der Waals surface area contributed by atoms with Gasteiger partial charge in [0.2, 0.25) is 0 Å². The molecule has 26 heavy (non-hydrogen) atoms. The highest BCUT2D eigenvalue weighted by molar-refractivity contribution is 9.10. The first kappa shape index (κ1) is 17.8. The van der Waals surface area contributed by atoms with Gasteiger partial charge in [-0.1, -0.05) is 28.1 Å². The summed E-state index contributed by atoms with van der Waals surface area (Å²) in [7, 11) is 0. The van der Waals surface area contributed by atoms with Crippen LogP contribution in [0.5, 0.6) is 0 Å². The van der Waals surface area contributed by atoms with E-state index in [-0.39, 0.29) is 18.0 Å². The van der Waals surface area contributed by atoms with Crippen LogP contribution < -0.4 is 10.6 Å². The van der Waals surface area contributed by atoms with Crippen LogP contribution in [0, 0.1) is 0 Å². The molecule has 2 aromatic heterocycles. The molecule has 2 heterocycles. The quantitative estimate of drug-likeness (QED) is 0.601. The van der Waals surface area contributed by atoms with Crippen LogP contribution in [-0.4, -0.2) is 11.8 Å². The van der Waals surface area contributed by atoms with Gasteiger partial charge in [-0.15, -0.1) is 0 Å². The summed E-state index contributed by atoms with van der Waals surface area (Å²) in [5, 5.41) is 5.30. The molecule has 1 aromatic carbocycles. The van der Waals surface area contributed by atoms with Gasteiger partial charge in [0.1, 0.15) is 11.5 Å². The molecule has 0 fully saturated rings. The topological polar surface area (TPSA) is 84.5 Å². The Morgan fingerprint density at radius 1 is 1.04 bits per heavy atom. The van der Waals surface area contributed by atoms with Gasteiger partial charge in [0.05, 0.1) is 19.1 Å². The van der Waals surface area contributed by atoms with E-state index in [1.807, 2.05) is 24.3 Å². The lowest BCUT2D eigenvalue weighted by Gasteiger charge is -2.10. The monoisotopic (exact) mass is 414 g/mol. The van der Waals surface area contributed by atoms with Crippen LogP contribution in [0.2, 0.25) is 0 Å². The molecule has 0 aliphatic heterocycles. The van der Waals surface area contributed by atoms with Crippen molar-refractivity contribution in [1.29, 1.82) is 0 Å². The molecule has 0 atom stereocenters. The minimum absolute atomic E-state index is 0.0936. The molecule has 6 nitrogen and oxygen atoms in total. The van der Waals surface area contributed by atoms with Crippen LogP contribution >= 0.6 is 15.9 Å². The molecule has 7 heteroatoms. The Labute approximate surface area is 158 Å². The maximum atomic E-state index is 12.6. The van der Waals surface area contributed by atoms with E-state index in [1.165, 1.54) is 18.6 Å². The maximum Gasteiger partial charge on any atom is 0.291 e. The Morgan fingerprint density at radius 3 is 2.54 bits per heavy atom. The first-order valence-electron chi connectivity index (χ1n) is 7.74. The molecule has 0 aliphatic rings. The van der Waals surface area contributed by atoms with Crippen molar-refractivity contribution < 1.29 is 18.4 Å². The molecular weight excluding hydrogens is 400 g/mol. The lowest BCUT2D eigenvalue weighted by Crippen LogP contribution is -2.34. The van der Waals surface area contributed by atoms with Gasteiger partial charge in [0, 0.05) is 4.47 Å². The van der Waals surface area contributed by atoms with Crippen LogP contribution in [0.4, 0.5) is 0 Å². The molecule has 2 amide bonds. The van der Waals surface area contributed by atoms with Crippen LogP contribution in [0.1, 0.15) is 21.9 Å². The molecule has 132 valence electrons. The predicted octanol–water partition coefficient (Wildman–Crippen LogP) is 3.72. The number of furan rings is 2. The van der Waals surface area contributed by atoms with Crippen molar-refractivity contribution in [3.05, 3.63) is 88.3 Å². The summed E-state index contributed by atoms with van der Waals surface area (Å²) < 4.78 is 11.1. The van der Waals surface area contributed by atoms with Gasteiger partial charge < -0.3 is 19.5 Å². The predicted molar refractivity (Wildman–Crippen MR) is 98.8 cm³/mol. The summed E-state index contributed by atoms with van der Waals surface area (Å²) in [6.07, 6.45) is 4.51. The van der Waals surface area contributed by atoms with Crippen molar-refractivity contribution in [1.82, 2.24) is 10.6 Å². The Balaban J connectivity index is 1.80. The fourth-order valence-corrected chi connectivity index (χ4v) is 2.61. The molecule has 3 rings (SSSR count). The number of rotatable bonds is 6. The van der Waals surface area contributed by atoms with Crippen molar-refractivity contribution in [2.75, 3.05) is 0 Å². The van der Waals surface area contributed by atoms with Crippen molar-refractivity contribution >= 4 is 33.8 Å². The Morgan fingerprint density at radius 2 is 1.85 bits per heavy atom. The van der Waals surface area contributed by atoms with Crippen molar-refractivity contribution in [2.24, 2.45) is 0 Å². The summed E-state index contributed by atoms with van der Waals surface area (Å²) in [4.78, 5) is 24.8. The summed E-state index contributed by atoms with van der Waals surface area (Å²) in [5.74, 6) is -0.229. The van der Waals surface area contributed by atoms with E-state index in [0.29, 0.717) is 5.76 Å². The van der Waals surface area contributed by atoms with Gasteiger partial charge in [-0.25, -0.2) is 0 Å². The molecule has 0 spiro atoms. The lowest BCUT2D eigenvalue weighted by molar-refractivity contribution is -0.118. The molecule has 0 unspecified atom stereocenters. The number of carbonyl (C=O) groups is 2. The fourth-order valence-electron chi connectivity index (χ4n) is 2.19. The molecular formula is C19H15BrN2O4. The van der Waals surface area contributed by atoms with E-state index in [4.69, 9.17) is 8.83 Å². The van der Waals surface area contributed by atoms with Gasteiger partial charge in [-0.05, 0) is 48.0 Å². The first-order chi connectivity index (χ1) is 12.6. The van der Waals surface area contributed by atoms with Crippen LogP contribution in [0.3, 0.4) is 0 Å². The van der Waals surface area contributed by atoms with Crippen LogP contribution in [0.15, 0.2) is 80.1 Å². The average Bonchev–Trinajstić information content (AvgIpc) is 3.32. The zero-order valence-corrected chi connectivity index (χ0v) is 15.2. The van der Waals surface area contributed by atoms with Crippen LogP contribution in [-0.2, 0) is 11.3 Å². The maximum absolute atomic E-state index is 12.6. The van der Waals surface area contributed by atoms with E-state index in [9.17, 15) is 9.59 Å². The summed E-state index contributed by atoms with van der Waals surface area (Å²) in [6.45, 7) is 0.207. The molecule has 0 saturated heterocycles. The molecule has 2 N–H and O–H groups in total. The third-order valence-corrected chi connectivity index (χ3v) is 3.89. The van der Waals surface area contributed by atoms with Crippen LogP contribution in [0.25, 0.3) is 6.08 Å². The van der Waals surface area contributed by atoms with E-state index in [0.717, 1.165) is 10.0 Å². The second kappa shape index (κ2) is 8.35. The van der Waals surface area contributed by atoms with Gasteiger partial charge >= 0.3 is 0 Å². The second-order valence-corrected chi connectivity index (χ2v) is 6.22. The minimum Gasteiger partial charge on any atom is -0.467 e. The second-order valence-electron chi connectivity index (χ2n) is 5.31. The van der Waals surface area contributed by atoms with Gasteiger partial charge in [0.15, 0.2) is 5.76 Å². The number of halogens is 1. The fraction of sp³-hybridized carbons (Fsp3) is 0.0526. The normalized spacial score (nSPS) is 11.2. The molecule has 0 bridgehead atoms. The van der Waals surface area contributed by atoms with E-state index in [1.54, 1.807) is 24.3 Å². The SMILES string of the molecule is O=C(NCc1ccco1)/C(=C\c1cccc(Br)c1)NC(=O)c1ccco1. The number of carbonyl (C=O) groups excluding carboxylic acids is 2. The third-order valence-electron chi connectivity index (χ3n) is 3.40. The van der Waals surface area contributed by atoms with E-state index in [2.05, 4.69) is 26.6 Å². The third kappa shape index (κ3) is 4.73. The standard InChI is InChI=1S/C19H15BrN2O4/c20-14-5-1-4-13(10-14)11-16(22-19(24)17-7-3-9-26-17)18(23)21-12-15-6-2-8-25-15/h1-11H,12H2,(H,21,23)(H,22,24)/b16-11+. The zero-order valence-electron chi connectivity index (χ0n) is 13.6. The number of nitrogens with one attached hydrogen (secondary N) is 2. The molecule has 0 aliphatic carbocycles. The van der Waals surface area contributed by atoms with Gasteiger partial charge in [0.25, 0.3) is 11.8 Å². The van der Waals surface area contributed by atoms with Gasteiger partial charge in [-0.3, -0.25) is 9.59 Å². The molecule has 0 radical (unpaired) electrons. The van der Waals surface area contributed by atoms with Crippen molar-refractivity contribution in [2.45, 2.75) is 6.54 Å². The van der Waals surface area contributed by atoms with E-state index >= 15 is 0 Å². The summed E-state index contributed by atoms with van der Waals surface area (Å²) in [5.41, 5.74) is 0.846. The largest absolute Gasteiger partial charge is 0.467 e. The summed E-state index contributed by atoms with van der Waals surface area (Å²) in [6, 6.07) is 14.0. The highest BCUT2D eigenvalue weighted by Gasteiger charge is 2.16. The number of amides is 2. The highest BCUT2D eigenvalue weighted by atomic mass is 79.9. The number of benzene rings is 1. The van der Waals surface area contributed by atoms with Crippen molar-refractivity contribution in [3.8, 4) is 0 Å². The Bertz CT molecular complexity index is 915. The van der Waals surface area contributed by atoms with E-state index < -0.39 is 11.8 Å². The highest BCUT2D eigenvalue weighted by Crippen LogP contribution is 2.14. The minimum atomic E-state index is -0.510. The lowest BCUT2D eigenvalue weighted by atomic mass is 10.2. The van der Waals surface area contributed by atoms with Crippen molar-refractivity contribution in [3.63, 3.8) is 0 Å². The van der Waals surface area contributed by atoms with Gasteiger partial charge in [-0.2, -0.15) is 0 Å². The average molecular weight is 415 g/mol. The number of hydrogen-bond acceptors (Lipinski definition) is 4. The molecule has 3 aromatic rings. The Kier molecular flexibility index (Phi) is 5.70. The Hall–Kier alpha value is -3.06. The molecule has 0 saturated carbocycles.